The second kappa shape index (κ2) is 9.60. The zero-order chi connectivity index (χ0) is 26.3. The van der Waals surface area contributed by atoms with Crippen molar-refractivity contribution >= 4 is 22.5 Å². The van der Waals surface area contributed by atoms with Crippen LogP contribution in [0.25, 0.3) is 10.9 Å². The lowest BCUT2D eigenvalue weighted by Crippen LogP contribution is -2.15. The number of aryl methyl sites for hydroxylation is 1. The molecule has 3 N–H and O–H groups in total. The largest absolute Gasteiger partial charge is 0.491 e. The predicted octanol–water partition coefficient (Wildman–Crippen LogP) is 5.68. The Morgan fingerprint density at radius 2 is 1.72 bits per heavy atom. The van der Waals surface area contributed by atoms with Crippen molar-refractivity contribution in [2.45, 2.75) is 51.2 Å². The highest BCUT2D eigenvalue weighted by molar-refractivity contribution is 5.91. The lowest BCUT2D eigenvalue weighted by Gasteiger charge is -2.20. The molecule has 0 saturated heterocycles. The monoisotopic (exact) mass is 515 g/mol. The van der Waals surface area contributed by atoms with Gasteiger partial charge in [0, 0.05) is 5.39 Å². The zero-order valence-electron chi connectivity index (χ0n) is 19.3. The van der Waals surface area contributed by atoms with Gasteiger partial charge in [0.15, 0.2) is 0 Å². The first-order valence-electron chi connectivity index (χ1n) is 11.1. The maximum Gasteiger partial charge on any atom is 0.420 e. The Morgan fingerprint density at radius 1 is 1.00 bits per heavy atom. The van der Waals surface area contributed by atoms with E-state index >= 15 is 0 Å². The Hall–Kier alpha value is -3.35. The summed E-state index contributed by atoms with van der Waals surface area (Å²) in [5.74, 6) is -0.487. The number of pyridine rings is 1. The van der Waals surface area contributed by atoms with Gasteiger partial charge in [0.2, 0.25) is 0 Å². The first-order chi connectivity index (χ1) is 16.8. The number of alkyl halides is 6. The van der Waals surface area contributed by atoms with Crippen LogP contribution in [0.1, 0.15) is 48.5 Å². The Bertz CT molecular complexity index is 1260. The van der Waals surface area contributed by atoms with Crippen LogP contribution in [0.5, 0.6) is 5.75 Å². The molecule has 0 radical (unpaired) electrons. The van der Waals surface area contributed by atoms with E-state index in [1.54, 1.807) is 0 Å². The molecule has 3 aromatic rings. The number of nitrogens with one attached hydrogen (secondary N) is 1. The van der Waals surface area contributed by atoms with Gasteiger partial charge < -0.3 is 20.5 Å². The smallest absolute Gasteiger partial charge is 0.420 e. The van der Waals surface area contributed by atoms with E-state index in [4.69, 9.17) is 15.2 Å². The maximum absolute atomic E-state index is 13.7. The van der Waals surface area contributed by atoms with Crippen molar-refractivity contribution in [2.75, 3.05) is 24.3 Å². The first-order valence-corrected chi connectivity index (χ1v) is 11.1. The van der Waals surface area contributed by atoms with E-state index in [0.29, 0.717) is 0 Å². The molecule has 0 spiro atoms. The maximum atomic E-state index is 13.7. The molecule has 4 rings (SSSR count). The molecular weight excluding hydrogens is 492 g/mol. The molecule has 0 bridgehead atoms. The minimum Gasteiger partial charge on any atom is -0.491 e. The van der Waals surface area contributed by atoms with Gasteiger partial charge in [-0.2, -0.15) is 26.3 Å². The SMILES string of the molecule is Cc1nc(N[C@H](C)c2cc(C(F)(F)F)cc(N)n2)c2cc(OCCOC3CC3)c(C(F)(F)F)cc2n1. The van der Waals surface area contributed by atoms with Gasteiger partial charge in [-0.1, -0.05) is 0 Å². The van der Waals surface area contributed by atoms with Gasteiger partial charge in [0.1, 0.15) is 29.8 Å². The number of hydrogen-bond donors (Lipinski definition) is 2. The lowest BCUT2D eigenvalue weighted by molar-refractivity contribution is -0.139. The van der Waals surface area contributed by atoms with Crippen LogP contribution < -0.4 is 15.8 Å². The molecule has 0 aliphatic heterocycles. The Kier molecular flexibility index (Phi) is 6.86. The van der Waals surface area contributed by atoms with Gasteiger partial charge in [0.05, 0.1) is 41.1 Å². The zero-order valence-corrected chi connectivity index (χ0v) is 19.3. The van der Waals surface area contributed by atoms with Crippen LogP contribution in [-0.4, -0.2) is 34.3 Å². The predicted molar refractivity (Wildman–Crippen MR) is 119 cm³/mol. The number of ether oxygens (including phenoxy) is 2. The fraction of sp³-hybridized carbons (Fsp3) is 0.435. The molecule has 7 nitrogen and oxygen atoms in total. The Labute approximate surface area is 202 Å². The number of anilines is 2. The lowest BCUT2D eigenvalue weighted by atomic mass is 10.1. The van der Waals surface area contributed by atoms with Gasteiger partial charge in [0.25, 0.3) is 0 Å². The quantitative estimate of drug-likeness (QED) is 0.294. The highest BCUT2D eigenvalue weighted by Crippen LogP contribution is 2.40. The van der Waals surface area contributed by atoms with Crippen molar-refractivity contribution in [2.24, 2.45) is 0 Å². The molecule has 1 aromatic carbocycles. The fourth-order valence-electron chi connectivity index (χ4n) is 3.56. The third-order valence-electron chi connectivity index (χ3n) is 5.42. The average Bonchev–Trinajstić information content (AvgIpc) is 3.59. The fourth-order valence-corrected chi connectivity index (χ4v) is 3.56. The van der Waals surface area contributed by atoms with E-state index in [0.717, 1.165) is 37.1 Å². The van der Waals surface area contributed by atoms with Crippen molar-refractivity contribution < 1.29 is 35.8 Å². The number of nitrogens with zero attached hydrogens (tertiary/aromatic N) is 3. The van der Waals surface area contributed by atoms with Crippen LogP contribution in [0.15, 0.2) is 24.3 Å². The number of nitrogen functional groups attached to an aromatic ring is 1. The van der Waals surface area contributed by atoms with Gasteiger partial charge in [-0.25, -0.2) is 15.0 Å². The van der Waals surface area contributed by atoms with Crippen molar-refractivity contribution in [3.63, 3.8) is 0 Å². The van der Waals surface area contributed by atoms with Crippen molar-refractivity contribution in [3.05, 3.63) is 46.9 Å². The summed E-state index contributed by atoms with van der Waals surface area (Å²) in [5, 5.41) is 3.12. The van der Waals surface area contributed by atoms with Crippen LogP contribution in [0, 0.1) is 6.92 Å². The van der Waals surface area contributed by atoms with E-state index in [2.05, 4.69) is 20.3 Å². The molecule has 1 aliphatic carbocycles. The summed E-state index contributed by atoms with van der Waals surface area (Å²) >= 11 is 0. The van der Waals surface area contributed by atoms with E-state index in [1.165, 1.54) is 13.8 Å². The van der Waals surface area contributed by atoms with Crippen molar-refractivity contribution in [1.29, 1.82) is 0 Å². The number of rotatable bonds is 8. The third-order valence-corrected chi connectivity index (χ3v) is 5.42. The topological polar surface area (TPSA) is 95.2 Å². The normalized spacial score (nSPS) is 15.2. The number of benzene rings is 1. The number of halogens is 6. The Balaban J connectivity index is 1.69. The van der Waals surface area contributed by atoms with E-state index in [-0.39, 0.29) is 53.4 Å². The number of hydrogen-bond acceptors (Lipinski definition) is 7. The summed E-state index contributed by atoms with van der Waals surface area (Å²) in [5.41, 5.74) is 3.55. The molecule has 1 saturated carbocycles. The van der Waals surface area contributed by atoms with Crippen molar-refractivity contribution in [1.82, 2.24) is 15.0 Å². The summed E-state index contributed by atoms with van der Waals surface area (Å²) in [6.45, 7) is 3.06. The summed E-state index contributed by atoms with van der Waals surface area (Å²) in [6, 6.07) is 2.76. The van der Waals surface area contributed by atoms with Gasteiger partial charge in [-0.05, 0) is 51.0 Å². The van der Waals surface area contributed by atoms with Gasteiger partial charge in [-0.15, -0.1) is 0 Å². The van der Waals surface area contributed by atoms with Crippen LogP contribution in [-0.2, 0) is 17.1 Å². The van der Waals surface area contributed by atoms with Crippen LogP contribution in [0.4, 0.5) is 38.0 Å². The van der Waals surface area contributed by atoms with Crippen molar-refractivity contribution in [3.8, 4) is 5.75 Å². The molecule has 13 heteroatoms. The standard InChI is InChI=1S/C23H23F6N5O2/c1-11(17-7-13(22(24,25)26)8-20(30)34-17)31-21-15-9-19(36-6-5-35-14-3-4-14)16(23(27,28)29)10-18(15)32-12(2)33-21/h7-11,14H,3-6H2,1-2H3,(H2,30,34)(H,31,32,33)/t11-/m1/s1. The second-order valence-electron chi connectivity index (χ2n) is 8.47. The summed E-state index contributed by atoms with van der Waals surface area (Å²) in [7, 11) is 0. The minimum atomic E-state index is -4.71. The van der Waals surface area contributed by atoms with E-state index in [1.807, 2.05) is 0 Å². The number of fused-ring (bicyclic) bond motifs is 1. The van der Waals surface area contributed by atoms with E-state index in [9.17, 15) is 26.3 Å². The van der Waals surface area contributed by atoms with Gasteiger partial charge >= 0.3 is 12.4 Å². The second-order valence-corrected chi connectivity index (χ2v) is 8.47. The molecule has 2 aromatic heterocycles. The molecule has 194 valence electrons. The highest BCUT2D eigenvalue weighted by Gasteiger charge is 2.36. The molecule has 1 aliphatic rings. The van der Waals surface area contributed by atoms with E-state index < -0.39 is 35.3 Å². The molecule has 1 fully saturated rings. The summed E-state index contributed by atoms with van der Waals surface area (Å²) in [4.78, 5) is 12.3. The summed E-state index contributed by atoms with van der Waals surface area (Å²) < 4.78 is 91.7. The Morgan fingerprint density at radius 3 is 2.36 bits per heavy atom. The third kappa shape index (κ3) is 6.07. The molecule has 2 heterocycles. The molecular formula is C23H23F6N5O2. The van der Waals surface area contributed by atoms with Gasteiger partial charge in [-0.3, -0.25) is 0 Å². The van der Waals surface area contributed by atoms with Crippen LogP contribution in [0.2, 0.25) is 0 Å². The van der Waals surface area contributed by atoms with Crippen LogP contribution in [0.3, 0.4) is 0 Å². The summed E-state index contributed by atoms with van der Waals surface area (Å²) in [6.07, 6.45) is -7.38. The average molecular weight is 515 g/mol. The van der Waals surface area contributed by atoms with Crippen LogP contribution >= 0.6 is 0 Å². The first kappa shape index (κ1) is 25.7. The minimum absolute atomic E-state index is 0.0115. The number of nitrogens with two attached hydrogens (primary N) is 1. The number of aromatic nitrogens is 3. The molecule has 36 heavy (non-hydrogen) atoms. The molecule has 0 amide bonds. The highest BCUT2D eigenvalue weighted by atomic mass is 19.4. The molecule has 0 unspecified atom stereocenters. The molecule has 1 atom stereocenters.